The highest BCUT2D eigenvalue weighted by Gasteiger charge is 2.05. The minimum Gasteiger partial charge on any atom is -0.399 e. The maximum atomic E-state index is 5.85. The van der Waals surface area contributed by atoms with Crippen molar-refractivity contribution >= 4 is 5.69 Å². The number of anilines is 1. The third kappa shape index (κ3) is 1.70. The molecule has 1 aromatic heterocycles. The number of nitrogens with two attached hydrogens (primary N) is 1. The van der Waals surface area contributed by atoms with Crippen LogP contribution in [0.2, 0.25) is 0 Å². The Morgan fingerprint density at radius 2 is 2.20 bits per heavy atom. The Kier molecular flexibility index (Phi) is 2.41. The van der Waals surface area contributed by atoms with Crippen LogP contribution < -0.4 is 5.73 Å². The van der Waals surface area contributed by atoms with Crippen LogP contribution in [-0.2, 0) is 13.5 Å². The molecule has 0 aliphatic heterocycles. The number of aryl methyl sites for hydroxylation is 2. The summed E-state index contributed by atoms with van der Waals surface area (Å²) in [4.78, 5) is 0. The van der Waals surface area contributed by atoms with E-state index in [0.717, 1.165) is 28.9 Å². The van der Waals surface area contributed by atoms with Crippen LogP contribution >= 0.6 is 0 Å². The van der Waals surface area contributed by atoms with Gasteiger partial charge in [-0.05, 0) is 24.1 Å². The van der Waals surface area contributed by atoms with Crippen molar-refractivity contribution in [2.75, 3.05) is 5.73 Å². The summed E-state index contributed by atoms with van der Waals surface area (Å²) in [5.74, 6) is 0. The van der Waals surface area contributed by atoms with Gasteiger partial charge in [0.05, 0.1) is 11.9 Å². The molecular weight excluding hydrogens is 188 g/mol. The van der Waals surface area contributed by atoms with Crippen LogP contribution in [0.15, 0.2) is 24.4 Å². The fourth-order valence-electron chi connectivity index (χ4n) is 1.62. The molecule has 0 amide bonds. The smallest absolute Gasteiger partial charge is 0.0882 e. The average molecular weight is 202 g/mol. The lowest BCUT2D eigenvalue weighted by molar-refractivity contribution is 0.720. The van der Waals surface area contributed by atoms with Crippen molar-refractivity contribution in [3.05, 3.63) is 30.0 Å². The lowest BCUT2D eigenvalue weighted by Crippen LogP contribution is -1.96. The predicted octanol–water partition coefficient (Wildman–Crippen LogP) is 1.63. The molecule has 2 N–H and O–H groups in total. The molecule has 1 heterocycles. The zero-order valence-electron chi connectivity index (χ0n) is 8.94. The third-order valence-electron chi connectivity index (χ3n) is 2.53. The summed E-state index contributed by atoms with van der Waals surface area (Å²) >= 11 is 0. The highest BCUT2D eigenvalue weighted by Crippen LogP contribution is 2.22. The van der Waals surface area contributed by atoms with Gasteiger partial charge in [-0.25, -0.2) is 4.68 Å². The van der Waals surface area contributed by atoms with Crippen LogP contribution in [-0.4, -0.2) is 15.0 Å². The summed E-state index contributed by atoms with van der Waals surface area (Å²) in [6, 6.07) is 6.02. The number of benzene rings is 1. The van der Waals surface area contributed by atoms with Crippen molar-refractivity contribution in [3.8, 4) is 11.3 Å². The van der Waals surface area contributed by atoms with E-state index in [4.69, 9.17) is 5.73 Å². The molecule has 2 aromatic rings. The van der Waals surface area contributed by atoms with Gasteiger partial charge in [0, 0.05) is 18.3 Å². The number of aromatic nitrogens is 3. The Hall–Kier alpha value is -1.84. The Balaban J connectivity index is 2.51. The van der Waals surface area contributed by atoms with E-state index in [0.29, 0.717) is 0 Å². The molecule has 4 nitrogen and oxygen atoms in total. The van der Waals surface area contributed by atoms with Gasteiger partial charge >= 0.3 is 0 Å². The van der Waals surface area contributed by atoms with Gasteiger partial charge in [-0.2, -0.15) is 0 Å². The van der Waals surface area contributed by atoms with Crippen LogP contribution in [0.3, 0.4) is 0 Å². The minimum atomic E-state index is 0.844. The van der Waals surface area contributed by atoms with Gasteiger partial charge in [-0.3, -0.25) is 0 Å². The first-order valence-electron chi connectivity index (χ1n) is 4.96. The molecular formula is C11H14N4. The second kappa shape index (κ2) is 3.73. The van der Waals surface area contributed by atoms with E-state index in [2.05, 4.69) is 23.3 Å². The second-order valence-corrected chi connectivity index (χ2v) is 3.51. The van der Waals surface area contributed by atoms with Crippen LogP contribution in [0.25, 0.3) is 11.3 Å². The molecule has 0 aliphatic carbocycles. The molecule has 2 rings (SSSR count). The van der Waals surface area contributed by atoms with Crippen molar-refractivity contribution in [2.45, 2.75) is 13.3 Å². The number of hydrogen-bond acceptors (Lipinski definition) is 3. The molecule has 15 heavy (non-hydrogen) atoms. The maximum Gasteiger partial charge on any atom is 0.0882 e. The summed E-state index contributed by atoms with van der Waals surface area (Å²) in [7, 11) is 1.88. The zero-order valence-corrected chi connectivity index (χ0v) is 8.94. The number of nitrogen functional groups attached to an aromatic ring is 1. The Morgan fingerprint density at radius 3 is 2.80 bits per heavy atom. The molecule has 0 bridgehead atoms. The van der Waals surface area contributed by atoms with Crippen molar-refractivity contribution in [3.63, 3.8) is 0 Å². The number of hydrogen-bond donors (Lipinski definition) is 1. The van der Waals surface area contributed by atoms with Gasteiger partial charge in [0.2, 0.25) is 0 Å². The highest BCUT2D eigenvalue weighted by atomic mass is 15.4. The number of rotatable bonds is 2. The first kappa shape index (κ1) is 9.71. The lowest BCUT2D eigenvalue weighted by atomic mass is 10.0. The second-order valence-electron chi connectivity index (χ2n) is 3.51. The summed E-state index contributed by atoms with van der Waals surface area (Å²) in [5.41, 5.74) is 9.97. The van der Waals surface area contributed by atoms with E-state index < -0.39 is 0 Å². The maximum absolute atomic E-state index is 5.85. The average Bonchev–Trinajstić information content (AvgIpc) is 2.65. The molecule has 0 saturated heterocycles. The van der Waals surface area contributed by atoms with Gasteiger partial charge in [0.1, 0.15) is 0 Å². The summed E-state index contributed by atoms with van der Waals surface area (Å²) in [5, 5.41) is 7.76. The fourth-order valence-corrected chi connectivity index (χ4v) is 1.62. The molecule has 0 saturated carbocycles. The van der Waals surface area contributed by atoms with Gasteiger partial charge in [-0.1, -0.05) is 18.2 Å². The quantitative estimate of drug-likeness (QED) is 0.753. The minimum absolute atomic E-state index is 0.844. The van der Waals surface area contributed by atoms with Crippen LogP contribution in [0.1, 0.15) is 12.5 Å². The first-order chi connectivity index (χ1) is 7.22. The molecule has 4 heteroatoms. The molecule has 1 aromatic carbocycles. The van der Waals surface area contributed by atoms with E-state index in [1.54, 1.807) is 10.9 Å². The van der Waals surface area contributed by atoms with Gasteiger partial charge in [0.25, 0.3) is 0 Å². The monoisotopic (exact) mass is 202 g/mol. The normalized spacial score (nSPS) is 10.5. The summed E-state index contributed by atoms with van der Waals surface area (Å²) in [6.07, 6.45) is 2.69. The Bertz CT molecular complexity index is 473. The lowest BCUT2D eigenvalue weighted by Gasteiger charge is -2.06. The van der Waals surface area contributed by atoms with E-state index in [1.165, 1.54) is 0 Å². The third-order valence-corrected chi connectivity index (χ3v) is 2.53. The predicted molar refractivity (Wildman–Crippen MR) is 60.2 cm³/mol. The van der Waals surface area contributed by atoms with E-state index in [9.17, 15) is 0 Å². The van der Waals surface area contributed by atoms with Crippen molar-refractivity contribution in [1.29, 1.82) is 0 Å². The molecule has 0 unspecified atom stereocenters. The highest BCUT2D eigenvalue weighted by molar-refractivity contribution is 5.64. The Labute approximate surface area is 88.7 Å². The SMILES string of the molecule is CCc1cc(-c2cnnn2C)ccc1N. The van der Waals surface area contributed by atoms with Crippen LogP contribution in [0, 0.1) is 0 Å². The van der Waals surface area contributed by atoms with Crippen molar-refractivity contribution in [2.24, 2.45) is 7.05 Å². The van der Waals surface area contributed by atoms with E-state index >= 15 is 0 Å². The first-order valence-corrected chi connectivity index (χ1v) is 4.96. The standard InChI is InChI=1S/C11H14N4/c1-3-8-6-9(4-5-10(8)12)11-7-13-14-15(11)2/h4-7H,3,12H2,1-2H3. The topological polar surface area (TPSA) is 56.7 Å². The molecule has 0 radical (unpaired) electrons. The molecule has 0 atom stereocenters. The van der Waals surface area contributed by atoms with Crippen molar-refractivity contribution in [1.82, 2.24) is 15.0 Å². The Morgan fingerprint density at radius 1 is 1.40 bits per heavy atom. The van der Waals surface area contributed by atoms with Crippen molar-refractivity contribution < 1.29 is 0 Å². The van der Waals surface area contributed by atoms with E-state index in [-0.39, 0.29) is 0 Å². The fraction of sp³-hybridized carbons (Fsp3) is 0.273. The van der Waals surface area contributed by atoms with E-state index in [1.807, 2.05) is 19.2 Å². The number of nitrogens with zero attached hydrogens (tertiary/aromatic N) is 3. The summed E-state index contributed by atoms with van der Waals surface area (Å²) < 4.78 is 1.75. The molecule has 0 fully saturated rings. The largest absolute Gasteiger partial charge is 0.399 e. The van der Waals surface area contributed by atoms with Gasteiger partial charge < -0.3 is 5.73 Å². The zero-order chi connectivity index (χ0) is 10.8. The van der Waals surface area contributed by atoms with Gasteiger partial charge in [-0.15, -0.1) is 5.10 Å². The van der Waals surface area contributed by atoms with Crippen LogP contribution in [0.4, 0.5) is 5.69 Å². The van der Waals surface area contributed by atoms with Gasteiger partial charge in [0.15, 0.2) is 0 Å². The molecule has 78 valence electrons. The molecule has 0 spiro atoms. The summed E-state index contributed by atoms with van der Waals surface area (Å²) in [6.45, 7) is 2.09. The molecule has 0 aliphatic rings. The van der Waals surface area contributed by atoms with Crippen LogP contribution in [0.5, 0.6) is 0 Å².